The number of benzene rings is 1. The van der Waals surface area contributed by atoms with E-state index in [1.807, 2.05) is 6.92 Å². The topological polar surface area (TPSA) is 12.0 Å². The lowest BCUT2D eigenvalue weighted by Gasteiger charge is -2.19. The van der Waals surface area contributed by atoms with Crippen molar-refractivity contribution in [2.24, 2.45) is 0 Å². The zero-order valence-corrected chi connectivity index (χ0v) is 11.3. The summed E-state index contributed by atoms with van der Waals surface area (Å²) in [6.07, 6.45) is 3.52. The Morgan fingerprint density at radius 3 is 2.56 bits per heavy atom. The highest BCUT2D eigenvalue weighted by Gasteiger charge is 2.10. The molecule has 0 aliphatic heterocycles. The van der Waals surface area contributed by atoms with Gasteiger partial charge in [0, 0.05) is 11.1 Å². The summed E-state index contributed by atoms with van der Waals surface area (Å²) >= 11 is 6.16. The SMILES string of the molecule is CCCNC(CCC)c1ccc(C)c(Cl)c1. The van der Waals surface area contributed by atoms with Crippen LogP contribution >= 0.6 is 11.6 Å². The number of halogens is 1. The van der Waals surface area contributed by atoms with Crippen molar-refractivity contribution in [3.8, 4) is 0 Å². The zero-order valence-electron chi connectivity index (χ0n) is 10.5. The third-order valence-corrected chi connectivity index (χ3v) is 3.22. The molecule has 1 unspecified atom stereocenters. The summed E-state index contributed by atoms with van der Waals surface area (Å²) in [4.78, 5) is 0. The highest BCUT2D eigenvalue weighted by molar-refractivity contribution is 6.31. The van der Waals surface area contributed by atoms with Crippen LogP contribution in [0.5, 0.6) is 0 Å². The quantitative estimate of drug-likeness (QED) is 0.771. The molecule has 1 nitrogen and oxygen atoms in total. The van der Waals surface area contributed by atoms with Crippen molar-refractivity contribution >= 4 is 11.6 Å². The fourth-order valence-electron chi connectivity index (χ4n) is 1.82. The molecule has 90 valence electrons. The summed E-state index contributed by atoms with van der Waals surface area (Å²) in [6.45, 7) is 7.52. The molecule has 1 rings (SSSR count). The molecule has 0 amide bonds. The van der Waals surface area contributed by atoms with E-state index in [4.69, 9.17) is 11.6 Å². The maximum atomic E-state index is 6.16. The van der Waals surface area contributed by atoms with Gasteiger partial charge in [-0.3, -0.25) is 0 Å². The molecule has 0 bridgehead atoms. The third-order valence-electron chi connectivity index (χ3n) is 2.82. The highest BCUT2D eigenvalue weighted by Crippen LogP contribution is 2.24. The average molecular weight is 240 g/mol. The lowest BCUT2D eigenvalue weighted by Crippen LogP contribution is -2.22. The fraction of sp³-hybridized carbons (Fsp3) is 0.571. The number of aryl methyl sites for hydroxylation is 1. The molecule has 0 saturated heterocycles. The Hall–Kier alpha value is -0.530. The molecule has 0 aromatic heterocycles. The Morgan fingerprint density at radius 2 is 2.00 bits per heavy atom. The van der Waals surface area contributed by atoms with Crippen LogP contribution in [0.2, 0.25) is 5.02 Å². The molecule has 1 aromatic rings. The van der Waals surface area contributed by atoms with Gasteiger partial charge in [0.25, 0.3) is 0 Å². The van der Waals surface area contributed by atoms with Crippen LogP contribution in [0.1, 0.15) is 50.3 Å². The van der Waals surface area contributed by atoms with E-state index >= 15 is 0 Å². The second-order valence-corrected chi connectivity index (χ2v) is 4.71. The lowest BCUT2D eigenvalue weighted by atomic mass is 10.0. The minimum atomic E-state index is 0.447. The van der Waals surface area contributed by atoms with Crippen LogP contribution in [0, 0.1) is 6.92 Å². The Balaban J connectivity index is 2.78. The van der Waals surface area contributed by atoms with Gasteiger partial charge in [-0.25, -0.2) is 0 Å². The van der Waals surface area contributed by atoms with Crippen molar-refractivity contribution in [3.63, 3.8) is 0 Å². The first-order valence-corrected chi connectivity index (χ1v) is 6.56. The van der Waals surface area contributed by atoms with Gasteiger partial charge in [0.2, 0.25) is 0 Å². The molecule has 2 heteroatoms. The van der Waals surface area contributed by atoms with E-state index in [1.54, 1.807) is 0 Å². The highest BCUT2D eigenvalue weighted by atomic mass is 35.5. The first kappa shape index (κ1) is 13.5. The van der Waals surface area contributed by atoms with Crippen molar-refractivity contribution in [1.29, 1.82) is 0 Å². The number of hydrogen-bond donors (Lipinski definition) is 1. The molecule has 1 aromatic carbocycles. The summed E-state index contributed by atoms with van der Waals surface area (Å²) in [6, 6.07) is 6.83. The van der Waals surface area contributed by atoms with Crippen LogP contribution < -0.4 is 5.32 Å². The third kappa shape index (κ3) is 3.80. The lowest BCUT2D eigenvalue weighted by molar-refractivity contribution is 0.494. The van der Waals surface area contributed by atoms with Gasteiger partial charge < -0.3 is 5.32 Å². The Bertz CT molecular complexity index is 323. The van der Waals surface area contributed by atoms with Crippen molar-refractivity contribution < 1.29 is 0 Å². The largest absolute Gasteiger partial charge is 0.310 e. The summed E-state index contributed by atoms with van der Waals surface area (Å²) in [5.41, 5.74) is 2.46. The maximum absolute atomic E-state index is 6.16. The maximum Gasteiger partial charge on any atom is 0.0438 e. The molecule has 0 fully saturated rings. The van der Waals surface area contributed by atoms with E-state index in [9.17, 15) is 0 Å². The monoisotopic (exact) mass is 239 g/mol. The van der Waals surface area contributed by atoms with Gasteiger partial charge in [-0.1, -0.05) is 44.0 Å². The second kappa shape index (κ2) is 6.93. The smallest absolute Gasteiger partial charge is 0.0438 e. The minimum Gasteiger partial charge on any atom is -0.310 e. The standard InChI is InChI=1S/C14H22ClN/c1-4-6-14(16-9-5-2)12-8-7-11(3)13(15)10-12/h7-8,10,14,16H,4-6,9H2,1-3H3. The van der Waals surface area contributed by atoms with E-state index in [0.717, 1.165) is 17.1 Å². The number of rotatable bonds is 6. The first-order chi connectivity index (χ1) is 7.69. The second-order valence-electron chi connectivity index (χ2n) is 4.30. The molecule has 1 N–H and O–H groups in total. The average Bonchev–Trinajstić information content (AvgIpc) is 2.28. The molecular formula is C14H22ClN. The van der Waals surface area contributed by atoms with Crippen LogP contribution in [-0.4, -0.2) is 6.54 Å². The first-order valence-electron chi connectivity index (χ1n) is 6.18. The Labute approximate surface area is 104 Å². The zero-order chi connectivity index (χ0) is 12.0. The summed E-state index contributed by atoms with van der Waals surface area (Å²) in [5, 5.41) is 4.45. The summed E-state index contributed by atoms with van der Waals surface area (Å²) in [7, 11) is 0. The van der Waals surface area contributed by atoms with Gasteiger partial charge in [0.05, 0.1) is 0 Å². The van der Waals surface area contributed by atoms with Gasteiger partial charge in [0.1, 0.15) is 0 Å². The number of nitrogens with one attached hydrogen (secondary N) is 1. The molecule has 0 saturated carbocycles. The van der Waals surface area contributed by atoms with E-state index in [0.29, 0.717) is 6.04 Å². The summed E-state index contributed by atoms with van der Waals surface area (Å²) < 4.78 is 0. The molecular weight excluding hydrogens is 218 g/mol. The molecule has 0 spiro atoms. The van der Waals surface area contributed by atoms with E-state index in [-0.39, 0.29) is 0 Å². The molecule has 0 heterocycles. The van der Waals surface area contributed by atoms with Crippen LogP contribution in [-0.2, 0) is 0 Å². The van der Waals surface area contributed by atoms with Crippen LogP contribution in [0.15, 0.2) is 18.2 Å². The molecule has 1 atom stereocenters. The van der Waals surface area contributed by atoms with Gasteiger partial charge >= 0.3 is 0 Å². The Kier molecular flexibility index (Phi) is 5.86. The van der Waals surface area contributed by atoms with Crippen molar-refractivity contribution in [1.82, 2.24) is 5.32 Å². The van der Waals surface area contributed by atoms with Gasteiger partial charge in [0.15, 0.2) is 0 Å². The van der Waals surface area contributed by atoms with Crippen LogP contribution in [0.25, 0.3) is 0 Å². The predicted molar refractivity (Wildman–Crippen MR) is 72.1 cm³/mol. The molecule has 0 radical (unpaired) electrons. The van der Waals surface area contributed by atoms with E-state index < -0.39 is 0 Å². The van der Waals surface area contributed by atoms with Crippen molar-refractivity contribution in [2.75, 3.05) is 6.54 Å². The number of hydrogen-bond acceptors (Lipinski definition) is 1. The summed E-state index contributed by atoms with van der Waals surface area (Å²) in [5.74, 6) is 0. The molecule has 16 heavy (non-hydrogen) atoms. The van der Waals surface area contributed by atoms with Gasteiger partial charge in [-0.15, -0.1) is 0 Å². The van der Waals surface area contributed by atoms with Crippen molar-refractivity contribution in [2.45, 2.75) is 46.1 Å². The molecule has 0 aliphatic rings. The normalized spacial score (nSPS) is 12.8. The van der Waals surface area contributed by atoms with Crippen LogP contribution in [0.4, 0.5) is 0 Å². The van der Waals surface area contributed by atoms with E-state index in [2.05, 4.69) is 37.4 Å². The van der Waals surface area contributed by atoms with E-state index in [1.165, 1.54) is 24.8 Å². The molecule has 0 aliphatic carbocycles. The van der Waals surface area contributed by atoms with Crippen molar-refractivity contribution in [3.05, 3.63) is 34.3 Å². The fourth-order valence-corrected chi connectivity index (χ4v) is 2.01. The predicted octanol–water partition coefficient (Wildman–Crippen LogP) is 4.49. The van der Waals surface area contributed by atoms with Crippen LogP contribution in [0.3, 0.4) is 0 Å². The van der Waals surface area contributed by atoms with Gasteiger partial charge in [-0.2, -0.15) is 0 Å². The minimum absolute atomic E-state index is 0.447. The van der Waals surface area contributed by atoms with Gasteiger partial charge in [-0.05, 0) is 43.5 Å². The Morgan fingerprint density at radius 1 is 1.25 bits per heavy atom.